The van der Waals surface area contributed by atoms with Crippen LogP contribution >= 0.6 is 23.2 Å². The molecule has 1 amide bonds. The average Bonchev–Trinajstić information content (AvgIpc) is 3.03. The Kier molecular flexibility index (Phi) is 7.33. The minimum Gasteiger partial charge on any atom is -0.462 e. The molecule has 1 aromatic heterocycles. The fraction of sp³-hybridized carbons (Fsp3) is 0.136. The molecular weight excluding hydrogens is 441 g/mol. The summed E-state index contributed by atoms with van der Waals surface area (Å²) in [5.41, 5.74) is 4.47. The van der Waals surface area contributed by atoms with Gasteiger partial charge in [0.25, 0.3) is 5.91 Å². The van der Waals surface area contributed by atoms with Crippen molar-refractivity contribution < 1.29 is 18.7 Å². The van der Waals surface area contributed by atoms with Crippen LogP contribution in [0, 0.1) is 6.92 Å². The van der Waals surface area contributed by atoms with Gasteiger partial charge in [-0.3, -0.25) is 4.79 Å². The lowest BCUT2D eigenvalue weighted by Crippen LogP contribution is -2.17. The molecule has 0 atom stereocenters. The molecule has 31 heavy (non-hydrogen) atoms. The zero-order valence-corrected chi connectivity index (χ0v) is 18.3. The SMILES string of the molecule is CCOC(=O)c1c(Nc2cccc(Cl)c2)oc(/C=N\NC(=O)c2ccc(C)cc2)c1Cl. The second kappa shape index (κ2) is 10.1. The summed E-state index contributed by atoms with van der Waals surface area (Å²) in [6, 6.07) is 13.9. The predicted molar refractivity (Wildman–Crippen MR) is 121 cm³/mol. The number of amides is 1. The van der Waals surface area contributed by atoms with Gasteiger partial charge < -0.3 is 14.5 Å². The van der Waals surface area contributed by atoms with Gasteiger partial charge in [0.05, 0.1) is 12.8 Å². The molecule has 160 valence electrons. The molecular formula is C22H19Cl2N3O4. The minimum absolute atomic E-state index is 0.00341. The molecule has 0 fully saturated rings. The maximum Gasteiger partial charge on any atom is 0.345 e. The number of carbonyl (C=O) groups excluding carboxylic acids is 2. The van der Waals surface area contributed by atoms with Crippen molar-refractivity contribution in [3.63, 3.8) is 0 Å². The number of hydrogen-bond acceptors (Lipinski definition) is 6. The van der Waals surface area contributed by atoms with Gasteiger partial charge in [0.2, 0.25) is 5.88 Å². The lowest BCUT2D eigenvalue weighted by Gasteiger charge is -2.06. The summed E-state index contributed by atoms with van der Waals surface area (Å²) in [5, 5.41) is 7.33. The van der Waals surface area contributed by atoms with E-state index >= 15 is 0 Å². The van der Waals surface area contributed by atoms with Gasteiger partial charge in [-0.2, -0.15) is 5.10 Å². The van der Waals surface area contributed by atoms with Crippen molar-refractivity contribution in [3.05, 3.63) is 81.0 Å². The summed E-state index contributed by atoms with van der Waals surface area (Å²) >= 11 is 12.3. The summed E-state index contributed by atoms with van der Waals surface area (Å²) in [7, 11) is 0. The molecule has 0 radical (unpaired) electrons. The number of ether oxygens (including phenoxy) is 1. The van der Waals surface area contributed by atoms with Crippen molar-refractivity contribution in [2.75, 3.05) is 11.9 Å². The van der Waals surface area contributed by atoms with Crippen molar-refractivity contribution in [1.82, 2.24) is 5.43 Å². The number of carbonyl (C=O) groups is 2. The number of benzene rings is 2. The van der Waals surface area contributed by atoms with Crippen LogP contribution in [0.4, 0.5) is 11.6 Å². The Balaban J connectivity index is 1.84. The number of rotatable bonds is 7. The molecule has 0 bridgehead atoms. The van der Waals surface area contributed by atoms with Crippen LogP contribution in [0.1, 0.15) is 39.0 Å². The Bertz CT molecular complexity index is 1120. The highest BCUT2D eigenvalue weighted by Gasteiger charge is 2.25. The second-order valence-electron chi connectivity index (χ2n) is 6.41. The van der Waals surface area contributed by atoms with Gasteiger partial charge in [-0.05, 0) is 44.2 Å². The number of halogens is 2. The van der Waals surface area contributed by atoms with Crippen LogP contribution in [-0.2, 0) is 4.74 Å². The van der Waals surface area contributed by atoms with Crippen molar-refractivity contribution in [2.45, 2.75) is 13.8 Å². The van der Waals surface area contributed by atoms with Gasteiger partial charge in [-0.1, -0.05) is 47.0 Å². The Labute approximate surface area is 189 Å². The summed E-state index contributed by atoms with van der Waals surface area (Å²) in [5.74, 6) is -0.929. The van der Waals surface area contributed by atoms with Crippen molar-refractivity contribution in [2.24, 2.45) is 5.10 Å². The molecule has 0 aliphatic carbocycles. The van der Waals surface area contributed by atoms with Crippen LogP contribution in [0.5, 0.6) is 0 Å². The second-order valence-corrected chi connectivity index (χ2v) is 7.22. The Morgan fingerprint density at radius 3 is 2.58 bits per heavy atom. The molecule has 0 spiro atoms. The van der Waals surface area contributed by atoms with E-state index in [1.807, 2.05) is 19.1 Å². The topological polar surface area (TPSA) is 92.9 Å². The number of hydrogen-bond donors (Lipinski definition) is 2. The molecule has 3 aromatic rings. The number of nitrogens with zero attached hydrogens (tertiary/aromatic N) is 1. The number of esters is 1. The molecule has 0 aliphatic heterocycles. The molecule has 0 unspecified atom stereocenters. The summed E-state index contributed by atoms with van der Waals surface area (Å²) in [4.78, 5) is 24.6. The third-order valence-electron chi connectivity index (χ3n) is 4.10. The highest BCUT2D eigenvalue weighted by molar-refractivity contribution is 6.36. The minimum atomic E-state index is -0.663. The van der Waals surface area contributed by atoms with Gasteiger partial charge in [0.15, 0.2) is 5.76 Å². The lowest BCUT2D eigenvalue weighted by molar-refractivity contribution is 0.0527. The summed E-state index contributed by atoms with van der Waals surface area (Å²) in [6.45, 7) is 3.76. The first kappa shape index (κ1) is 22.4. The zero-order chi connectivity index (χ0) is 22.4. The quantitative estimate of drug-likeness (QED) is 0.273. The molecule has 0 aliphatic rings. The van der Waals surface area contributed by atoms with Crippen LogP contribution in [0.2, 0.25) is 10.0 Å². The van der Waals surface area contributed by atoms with Crippen LogP contribution in [-0.4, -0.2) is 24.7 Å². The van der Waals surface area contributed by atoms with E-state index in [2.05, 4.69) is 15.8 Å². The zero-order valence-electron chi connectivity index (χ0n) is 16.7. The normalized spacial score (nSPS) is 10.8. The molecule has 2 N–H and O–H groups in total. The average molecular weight is 460 g/mol. The first-order valence-corrected chi connectivity index (χ1v) is 10.1. The molecule has 3 rings (SSSR count). The van der Waals surface area contributed by atoms with E-state index in [0.717, 1.165) is 5.56 Å². The molecule has 9 heteroatoms. The molecule has 0 saturated carbocycles. The van der Waals surface area contributed by atoms with Crippen LogP contribution in [0.25, 0.3) is 0 Å². The fourth-order valence-electron chi connectivity index (χ4n) is 2.60. The number of hydrazone groups is 1. The maximum absolute atomic E-state index is 12.4. The first-order chi connectivity index (χ1) is 14.9. The maximum atomic E-state index is 12.4. The number of aryl methyl sites for hydroxylation is 1. The number of nitrogens with one attached hydrogen (secondary N) is 2. The number of anilines is 2. The largest absolute Gasteiger partial charge is 0.462 e. The van der Waals surface area contributed by atoms with Gasteiger partial charge in [-0.15, -0.1) is 0 Å². The van der Waals surface area contributed by atoms with Crippen LogP contribution < -0.4 is 10.7 Å². The van der Waals surface area contributed by atoms with E-state index in [4.69, 9.17) is 32.4 Å². The smallest absolute Gasteiger partial charge is 0.345 e. The Hall–Kier alpha value is -3.29. The van der Waals surface area contributed by atoms with Gasteiger partial charge in [0.1, 0.15) is 10.6 Å². The number of furan rings is 1. The van der Waals surface area contributed by atoms with E-state index in [9.17, 15) is 9.59 Å². The van der Waals surface area contributed by atoms with Gasteiger partial charge >= 0.3 is 5.97 Å². The van der Waals surface area contributed by atoms with Crippen molar-refractivity contribution in [1.29, 1.82) is 0 Å². The predicted octanol–water partition coefficient (Wildman–Crippen LogP) is 5.58. The highest BCUT2D eigenvalue weighted by atomic mass is 35.5. The monoisotopic (exact) mass is 459 g/mol. The van der Waals surface area contributed by atoms with E-state index in [0.29, 0.717) is 16.3 Å². The van der Waals surface area contributed by atoms with Crippen LogP contribution in [0.15, 0.2) is 58.0 Å². The molecule has 1 heterocycles. The standard InChI is InChI=1S/C22H19Cl2N3O4/c1-3-30-22(29)18-19(24)17(31-21(18)26-16-6-4-5-15(23)11-16)12-25-27-20(28)14-9-7-13(2)8-10-14/h4-12,26H,3H2,1-2H3,(H,27,28)/b25-12-. The summed E-state index contributed by atoms with van der Waals surface area (Å²) < 4.78 is 10.7. The molecule has 0 saturated heterocycles. The van der Waals surface area contributed by atoms with Crippen molar-refractivity contribution >= 4 is 52.9 Å². The first-order valence-electron chi connectivity index (χ1n) is 9.31. The van der Waals surface area contributed by atoms with Crippen molar-refractivity contribution in [3.8, 4) is 0 Å². The van der Waals surface area contributed by atoms with Gasteiger partial charge in [-0.25, -0.2) is 10.2 Å². The van der Waals surface area contributed by atoms with E-state index < -0.39 is 11.9 Å². The fourth-order valence-corrected chi connectivity index (χ4v) is 3.04. The Morgan fingerprint density at radius 1 is 1.16 bits per heavy atom. The summed E-state index contributed by atoms with van der Waals surface area (Å²) in [6.07, 6.45) is 1.21. The lowest BCUT2D eigenvalue weighted by atomic mass is 10.1. The molecule has 2 aromatic carbocycles. The van der Waals surface area contributed by atoms with E-state index in [-0.39, 0.29) is 28.8 Å². The third kappa shape index (κ3) is 5.65. The van der Waals surface area contributed by atoms with Gasteiger partial charge in [0, 0.05) is 16.3 Å². The van der Waals surface area contributed by atoms with E-state index in [1.165, 1.54) is 6.21 Å². The van der Waals surface area contributed by atoms with Crippen LogP contribution in [0.3, 0.4) is 0 Å². The third-order valence-corrected chi connectivity index (χ3v) is 4.71. The Morgan fingerprint density at radius 2 is 1.90 bits per heavy atom. The molecule has 7 nitrogen and oxygen atoms in total. The highest BCUT2D eigenvalue weighted by Crippen LogP contribution is 2.34. The van der Waals surface area contributed by atoms with E-state index in [1.54, 1.807) is 43.3 Å².